The highest BCUT2D eigenvalue weighted by Gasteiger charge is 2.32. The van der Waals surface area contributed by atoms with Crippen LogP contribution in [0.3, 0.4) is 0 Å². The molecule has 62 valence electrons. The van der Waals surface area contributed by atoms with E-state index in [0.29, 0.717) is 11.0 Å². The summed E-state index contributed by atoms with van der Waals surface area (Å²) in [6.07, 6.45) is 0. The Morgan fingerprint density at radius 2 is 1.71 bits per heavy atom. The number of carbonyl (C=O) groups is 2. The van der Waals surface area contributed by atoms with Gasteiger partial charge >= 0.3 is 0 Å². The summed E-state index contributed by atoms with van der Waals surface area (Å²) in [5, 5.41) is 0. The van der Waals surface area contributed by atoms with Gasteiger partial charge in [0.25, 0.3) is 0 Å². The minimum Gasteiger partial charge on any atom is -0.288 e. The van der Waals surface area contributed by atoms with Crippen molar-refractivity contribution in [3.63, 3.8) is 0 Å². The minimum absolute atomic E-state index is 0.0442. The first kappa shape index (κ1) is 9.00. The summed E-state index contributed by atoms with van der Waals surface area (Å²) in [6, 6.07) is 3.01. The van der Waals surface area contributed by atoms with Crippen molar-refractivity contribution in [2.24, 2.45) is 0 Å². The van der Waals surface area contributed by atoms with Crippen molar-refractivity contribution < 1.29 is 9.59 Å². The summed E-state index contributed by atoms with van der Waals surface area (Å²) in [4.78, 5) is 23.0. The molecule has 0 unspecified atom stereocenters. The van der Waals surface area contributed by atoms with Crippen molar-refractivity contribution in [1.29, 1.82) is 0 Å². The smallest absolute Gasteiger partial charge is 0.197 e. The molecule has 0 fully saturated rings. The monoisotopic (exact) mass is 178 g/mol. The Bertz CT molecular complexity index is 489. The predicted octanol–water partition coefficient (Wildman–Crippen LogP) is -0.791. The number of allylic oxidation sites excluding steroid dienone is 1. The van der Waals surface area contributed by atoms with E-state index in [4.69, 9.17) is 15.7 Å². The van der Waals surface area contributed by atoms with E-state index >= 15 is 0 Å². The maximum absolute atomic E-state index is 11.5. The van der Waals surface area contributed by atoms with Crippen LogP contribution in [-0.2, 0) is 0 Å². The van der Waals surface area contributed by atoms with Crippen LogP contribution >= 0.6 is 0 Å². The van der Waals surface area contributed by atoms with Crippen LogP contribution in [0.2, 0.25) is 0 Å². The van der Waals surface area contributed by atoms with Crippen molar-refractivity contribution in [2.45, 2.75) is 0 Å². The maximum atomic E-state index is 11.5. The molecule has 0 aromatic heterocycles. The van der Waals surface area contributed by atoms with Crippen molar-refractivity contribution in [2.75, 3.05) is 0 Å². The van der Waals surface area contributed by atoms with Crippen molar-refractivity contribution >= 4 is 38.2 Å². The zero-order valence-corrected chi connectivity index (χ0v) is 7.33. The first-order valence-corrected chi connectivity index (χ1v) is 4.00. The van der Waals surface area contributed by atoms with Gasteiger partial charge in [-0.25, -0.2) is 0 Å². The molecule has 1 aromatic carbocycles. The largest absolute Gasteiger partial charge is 0.288 e. The Balaban J connectivity index is 2.83. The molecule has 4 heteroatoms. The van der Waals surface area contributed by atoms with E-state index in [9.17, 15) is 9.59 Å². The van der Waals surface area contributed by atoms with Gasteiger partial charge in [-0.15, -0.1) is 5.46 Å². The van der Waals surface area contributed by atoms with Gasteiger partial charge in [-0.3, -0.25) is 9.59 Å². The van der Waals surface area contributed by atoms with Crippen LogP contribution in [-0.4, -0.2) is 27.3 Å². The van der Waals surface area contributed by atoms with Crippen molar-refractivity contribution in [1.82, 2.24) is 0 Å². The highest BCUT2D eigenvalue weighted by molar-refractivity contribution is 6.54. The SMILES string of the molecule is [B]c1ccc2c(c1[B])C(=O)C(=C)C2=O. The van der Waals surface area contributed by atoms with Gasteiger partial charge in [0.15, 0.2) is 11.6 Å². The summed E-state index contributed by atoms with van der Waals surface area (Å²) in [5.74, 6) is -0.786. The lowest BCUT2D eigenvalue weighted by atomic mass is 9.76. The van der Waals surface area contributed by atoms with Gasteiger partial charge in [0.1, 0.15) is 15.7 Å². The molecule has 1 aliphatic rings. The fourth-order valence-electron chi connectivity index (χ4n) is 1.49. The fraction of sp³-hybridized carbons (Fsp3) is 0. The summed E-state index contributed by atoms with van der Waals surface area (Å²) in [5.41, 5.74) is 0.920. The van der Waals surface area contributed by atoms with E-state index in [1.165, 1.54) is 12.1 Å². The Morgan fingerprint density at radius 1 is 1.07 bits per heavy atom. The number of hydrogen-bond donors (Lipinski definition) is 0. The molecule has 1 aromatic rings. The van der Waals surface area contributed by atoms with E-state index < -0.39 is 5.78 Å². The zero-order chi connectivity index (χ0) is 10.5. The van der Waals surface area contributed by atoms with Gasteiger partial charge in [0.2, 0.25) is 0 Å². The third-order valence-corrected chi connectivity index (χ3v) is 2.30. The van der Waals surface area contributed by atoms with Crippen LogP contribution in [0.1, 0.15) is 20.7 Å². The third-order valence-electron chi connectivity index (χ3n) is 2.30. The van der Waals surface area contributed by atoms with Gasteiger partial charge in [0, 0.05) is 11.1 Å². The molecular formula is C10H4B2O2. The average molecular weight is 178 g/mol. The number of ketones is 2. The van der Waals surface area contributed by atoms with Gasteiger partial charge in [-0.05, 0) is 0 Å². The van der Waals surface area contributed by atoms with Crippen LogP contribution in [0.25, 0.3) is 0 Å². The first-order chi connectivity index (χ1) is 6.54. The molecule has 1 aliphatic carbocycles. The molecule has 0 N–H and O–H groups in total. The second kappa shape index (κ2) is 2.71. The zero-order valence-electron chi connectivity index (χ0n) is 7.33. The number of rotatable bonds is 0. The van der Waals surface area contributed by atoms with Gasteiger partial charge < -0.3 is 0 Å². The van der Waals surface area contributed by atoms with Crippen molar-refractivity contribution in [3.05, 3.63) is 35.4 Å². The third kappa shape index (κ3) is 0.939. The normalized spacial score (nSPS) is 14.7. The molecule has 0 bridgehead atoms. The molecule has 0 spiro atoms. The average Bonchev–Trinajstić information content (AvgIpc) is 2.38. The van der Waals surface area contributed by atoms with E-state index in [2.05, 4.69) is 6.58 Å². The number of Topliss-reactive ketones (excluding diaryl/α,β-unsaturated/α-hetero) is 2. The lowest BCUT2D eigenvalue weighted by Gasteiger charge is -2.04. The molecular weight excluding hydrogens is 174 g/mol. The van der Waals surface area contributed by atoms with Gasteiger partial charge in [-0.1, -0.05) is 24.2 Å². The number of carbonyl (C=O) groups excluding carboxylic acids is 2. The molecule has 4 radical (unpaired) electrons. The quantitative estimate of drug-likeness (QED) is 0.296. The lowest BCUT2D eigenvalue weighted by Crippen LogP contribution is -2.30. The first-order valence-electron chi connectivity index (χ1n) is 4.00. The summed E-state index contributed by atoms with van der Waals surface area (Å²) in [7, 11) is 11.1. The number of hydrogen-bond acceptors (Lipinski definition) is 2. The second-order valence-corrected chi connectivity index (χ2v) is 3.13. The summed E-state index contributed by atoms with van der Waals surface area (Å²) < 4.78 is 0. The predicted molar refractivity (Wildman–Crippen MR) is 55.0 cm³/mol. The van der Waals surface area contributed by atoms with E-state index in [1.807, 2.05) is 0 Å². The minimum atomic E-state index is -0.421. The van der Waals surface area contributed by atoms with E-state index in [0.717, 1.165) is 0 Å². The molecule has 0 heterocycles. The van der Waals surface area contributed by atoms with Crippen LogP contribution in [0.15, 0.2) is 24.3 Å². The molecule has 0 aliphatic heterocycles. The van der Waals surface area contributed by atoms with Crippen LogP contribution in [0, 0.1) is 0 Å². The highest BCUT2D eigenvalue weighted by atomic mass is 16.2. The van der Waals surface area contributed by atoms with Crippen LogP contribution in [0.5, 0.6) is 0 Å². The molecule has 14 heavy (non-hydrogen) atoms. The number of benzene rings is 1. The molecule has 2 nitrogen and oxygen atoms in total. The Morgan fingerprint density at radius 3 is 2.36 bits per heavy atom. The molecule has 0 amide bonds. The molecule has 0 saturated heterocycles. The van der Waals surface area contributed by atoms with E-state index in [-0.39, 0.29) is 22.4 Å². The molecule has 0 saturated carbocycles. The Labute approximate surface area is 83.8 Å². The van der Waals surface area contributed by atoms with Crippen molar-refractivity contribution in [3.8, 4) is 0 Å². The topological polar surface area (TPSA) is 34.1 Å². The standard InChI is InChI=1S/C10H4B2O2/c1-4-9(13)5-2-3-6(11)8(12)7(5)10(4)14/h2-3H,1H2. The Kier molecular flexibility index (Phi) is 1.74. The van der Waals surface area contributed by atoms with Crippen LogP contribution < -0.4 is 10.9 Å². The molecule has 0 atom stereocenters. The van der Waals surface area contributed by atoms with Gasteiger partial charge in [-0.2, -0.15) is 0 Å². The van der Waals surface area contributed by atoms with Crippen LogP contribution in [0.4, 0.5) is 0 Å². The summed E-state index contributed by atoms with van der Waals surface area (Å²) >= 11 is 0. The maximum Gasteiger partial charge on any atom is 0.197 e. The molecule has 2 rings (SSSR count). The highest BCUT2D eigenvalue weighted by Crippen LogP contribution is 2.22. The fourth-order valence-corrected chi connectivity index (χ4v) is 1.49. The second-order valence-electron chi connectivity index (χ2n) is 3.13. The van der Waals surface area contributed by atoms with Gasteiger partial charge in [0.05, 0.1) is 5.57 Å². The lowest BCUT2D eigenvalue weighted by molar-refractivity contribution is 0.0990. The van der Waals surface area contributed by atoms with E-state index in [1.54, 1.807) is 0 Å². The number of fused-ring (bicyclic) bond motifs is 1. The Hall–Kier alpha value is -1.57. The summed E-state index contributed by atoms with van der Waals surface area (Å²) in [6.45, 7) is 3.41.